The van der Waals surface area contributed by atoms with Crippen LogP contribution in [-0.4, -0.2) is 18.1 Å². The van der Waals surface area contributed by atoms with Gasteiger partial charge < -0.3 is 9.64 Å². The fourth-order valence-electron chi connectivity index (χ4n) is 0.850. The Kier molecular flexibility index (Phi) is 2.87. The SMILES string of the molecule is CCOC=CN1C=CCC1. The molecule has 0 aromatic carbocycles. The van der Waals surface area contributed by atoms with E-state index in [4.69, 9.17) is 4.74 Å². The first-order valence-electron chi connectivity index (χ1n) is 3.64. The van der Waals surface area contributed by atoms with E-state index in [2.05, 4.69) is 17.2 Å². The monoisotopic (exact) mass is 139 g/mol. The van der Waals surface area contributed by atoms with E-state index < -0.39 is 0 Å². The zero-order valence-corrected chi connectivity index (χ0v) is 6.29. The van der Waals surface area contributed by atoms with E-state index >= 15 is 0 Å². The Balaban J connectivity index is 2.17. The van der Waals surface area contributed by atoms with E-state index in [0.29, 0.717) is 0 Å². The van der Waals surface area contributed by atoms with Gasteiger partial charge in [0.1, 0.15) is 0 Å². The Morgan fingerprint density at radius 2 is 2.60 bits per heavy atom. The summed E-state index contributed by atoms with van der Waals surface area (Å²) in [6.07, 6.45) is 9.05. The van der Waals surface area contributed by atoms with E-state index in [9.17, 15) is 0 Å². The highest BCUT2D eigenvalue weighted by molar-refractivity contribution is 4.96. The maximum Gasteiger partial charge on any atom is 0.0990 e. The van der Waals surface area contributed by atoms with Crippen LogP contribution < -0.4 is 0 Å². The number of rotatable bonds is 3. The number of nitrogens with zero attached hydrogens (tertiary/aromatic N) is 1. The Hall–Kier alpha value is -0.920. The van der Waals surface area contributed by atoms with Crippen LogP contribution in [0.5, 0.6) is 0 Å². The Labute approximate surface area is 61.8 Å². The van der Waals surface area contributed by atoms with Gasteiger partial charge in [-0.05, 0) is 19.5 Å². The molecule has 1 aliphatic heterocycles. The molecular formula is C8H13NO. The van der Waals surface area contributed by atoms with E-state index in [-0.39, 0.29) is 0 Å². The Morgan fingerprint density at radius 3 is 3.20 bits per heavy atom. The predicted octanol–water partition coefficient (Wildman–Crippen LogP) is 1.71. The first-order chi connectivity index (χ1) is 4.93. The summed E-state index contributed by atoms with van der Waals surface area (Å²) in [5.74, 6) is 0. The van der Waals surface area contributed by atoms with Gasteiger partial charge >= 0.3 is 0 Å². The highest BCUT2D eigenvalue weighted by Gasteiger charge is 1.97. The minimum Gasteiger partial charge on any atom is -0.500 e. The van der Waals surface area contributed by atoms with Gasteiger partial charge in [-0.2, -0.15) is 0 Å². The van der Waals surface area contributed by atoms with Crippen molar-refractivity contribution in [3.05, 3.63) is 24.7 Å². The summed E-state index contributed by atoms with van der Waals surface area (Å²) in [5.41, 5.74) is 0. The highest BCUT2D eigenvalue weighted by atomic mass is 16.5. The number of ether oxygens (including phenoxy) is 1. The maximum absolute atomic E-state index is 5.04. The van der Waals surface area contributed by atoms with Crippen molar-refractivity contribution in [3.63, 3.8) is 0 Å². The molecule has 0 N–H and O–H groups in total. The first-order valence-corrected chi connectivity index (χ1v) is 3.64. The van der Waals surface area contributed by atoms with Crippen molar-refractivity contribution < 1.29 is 4.74 Å². The third kappa shape index (κ3) is 2.13. The quantitative estimate of drug-likeness (QED) is 0.552. The molecule has 1 rings (SSSR count). The van der Waals surface area contributed by atoms with Crippen molar-refractivity contribution in [2.45, 2.75) is 13.3 Å². The summed E-state index contributed by atoms with van der Waals surface area (Å²) in [6.45, 7) is 3.81. The van der Waals surface area contributed by atoms with Gasteiger partial charge in [0, 0.05) is 12.7 Å². The minimum absolute atomic E-state index is 0.744. The molecular weight excluding hydrogens is 126 g/mol. The second-order valence-corrected chi connectivity index (χ2v) is 2.15. The minimum atomic E-state index is 0.744. The first kappa shape index (κ1) is 7.19. The Bertz CT molecular complexity index is 140. The molecule has 0 saturated heterocycles. The largest absolute Gasteiger partial charge is 0.500 e. The lowest BCUT2D eigenvalue weighted by molar-refractivity contribution is 0.263. The molecule has 2 heteroatoms. The molecule has 10 heavy (non-hydrogen) atoms. The molecule has 0 aromatic heterocycles. The van der Waals surface area contributed by atoms with Crippen LogP contribution >= 0.6 is 0 Å². The van der Waals surface area contributed by atoms with E-state index in [1.807, 2.05) is 13.1 Å². The third-order valence-electron chi connectivity index (χ3n) is 1.37. The van der Waals surface area contributed by atoms with Gasteiger partial charge in [-0.15, -0.1) is 0 Å². The van der Waals surface area contributed by atoms with Crippen LogP contribution in [0.3, 0.4) is 0 Å². The smallest absolute Gasteiger partial charge is 0.0990 e. The molecule has 0 radical (unpaired) electrons. The lowest BCUT2D eigenvalue weighted by Crippen LogP contribution is -2.04. The van der Waals surface area contributed by atoms with Gasteiger partial charge in [-0.25, -0.2) is 0 Å². The predicted molar refractivity (Wildman–Crippen MR) is 41.2 cm³/mol. The van der Waals surface area contributed by atoms with Crippen LogP contribution in [0.1, 0.15) is 13.3 Å². The fourth-order valence-corrected chi connectivity index (χ4v) is 0.850. The zero-order valence-electron chi connectivity index (χ0n) is 6.29. The van der Waals surface area contributed by atoms with Gasteiger partial charge in [0.15, 0.2) is 0 Å². The number of hydrogen-bond acceptors (Lipinski definition) is 2. The average molecular weight is 139 g/mol. The molecule has 0 unspecified atom stereocenters. The van der Waals surface area contributed by atoms with Gasteiger partial charge in [-0.3, -0.25) is 0 Å². The summed E-state index contributed by atoms with van der Waals surface area (Å²) in [5, 5.41) is 0. The molecule has 1 aliphatic rings. The fraction of sp³-hybridized carbons (Fsp3) is 0.500. The Morgan fingerprint density at radius 1 is 1.70 bits per heavy atom. The van der Waals surface area contributed by atoms with Crippen molar-refractivity contribution in [2.75, 3.05) is 13.2 Å². The van der Waals surface area contributed by atoms with E-state index in [1.165, 1.54) is 0 Å². The van der Waals surface area contributed by atoms with Crippen molar-refractivity contribution in [1.82, 2.24) is 4.90 Å². The molecule has 0 saturated carbocycles. The molecule has 0 amide bonds. The summed E-state index contributed by atoms with van der Waals surface area (Å²) >= 11 is 0. The molecule has 0 bridgehead atoms. The summed E-state index contributed by atoms with van der Waals surface area (Å²) in [6, 6.07) is 0. The zero-order chi connectivity index (χ0) is 7.23. The molecule has 0 fully saturated rings. The van der Waals surface area contributed by atoms with Crippen molar-refractivity contribution in [1.29, 1.82) is 0 Å². The molecule has 0 aromatic rings. The molecule has 0 atom stereocenters. The van der Waals surface area contributed by atoms with E-state index in [0.717, 1.165) is 19.6 Å². The lowest BCUT2D eigenvalue weighted by atomic mass is 10.5. The van der Waals surface area contributed by atoms with Crippen LogP contribution in [-0.2, 0) is 4.74 Å². The van der Waals surface area contributed by atoms with Crippen LogP contribution in [0.15, 0.2) is 24.7 Å². The van der Waals surface area contributed by atoms with Crippen LogP contribution in [0.25, 0.3) is 0 Å². The van der Waals surface area contributed by atoms with Crippen LogP contribution in [0.2, 0.25) is 0 Å². The highest BCUT2D eigenvalue weighted by Crippen LogP contribution is 2.03. The molecule has 56 valence electrons. The maximum atomic E-state index is 5.04. The van der Waals surface area contributed by atoms with Crippen molar-refractivity contribution in [2.24, 2.45) is 0 Å². The topological polar surface area (TPSA) is 12.5 Å². The van der Waals surface area contributed by atoms with Crippen LogP contribution in [0, 0.1) is 0 Å². The molecule has 2 nitrogen and oxygen atoms in total. The summed E-state index contributed by atoms with van der Waals surface area (Å²) < 4.78 is 5.04. The normalized spacial score (nSPS) is 17.1. The van der Waals surface area contributed by atoms with E-state index in [1.54, 1.807) is 6.26 Å². The number of hydrogen-bond donors (Lipinski definition) is 0. The van der Waals surface area contributed by atoms with Gasteiger partial charge in [0.2, 0.25) is 0 Å². The van der Waals surface area contributed by atoms with Crippen molar-refractivity contribution in [3.8, 4) is 0 Å². The molecule has 0 spiro atoms. The second-order valence-electron chi connectivity index (χ2n) is 2.15. The average Bonchev–Trinajstić information content (AvgIpc) is 2.41. The van der Waals surface area contributed by atoms with Crippen LogP contribution in [0.4, 0.5) is 0 Å². The standard InChI is InChI=1S/C8H13NO/c1-2-10-8-7-9-5-3-4-6-9/h3,5,7-8H,2,4,6H2,1H3. The lowest BCUT2D eigenvalue weighted by Gasteiger charge is -2.06. The van der Waals surface area contributed by atoms with Gasteiger partial charge in [0.25, 0.3) is 0 Å². The second kappa shape index (κ2) is 3.99. The third-order valence-corrected chi connectivity index (χ3v) is 1.37. The summed E-state index contributed by atoms with van der Waals surface area (Å²) in [7, 11) is 0. The molecule has 0 aliphatic carbocycles. The van der Waals surface area contributed by atoms with Crippen molar-refractivity contribution >= 4 is 0 Å². The molecule has 1 heterocycles. The summed E-state index contributed by atoms with van der Waals surface area (Å²) in [4.78, 5) is 2.11. The van der Waals surface area contributed by atoms with Gasteiger partial charge in [-0.1, -0.05) is 6.08 Å². The van der Waals surface area contributed by atoms with Gasteiger partial charge in [0.05, 0.1) is 12.9 Å².